The van der Waals surface area contributed by atoms with E-state index in [1.807, 2.05) is 24.3 Å². The molecule has 0 bridgehead atoms. The number of halogens is 1. The van der Waals surface area contributed by atoms with Gasteiger partial charge in [-0.15, -0.1) is 0 Å². The number of nitrogens with zero attached hydrogens (tertiary/aromatic N) is 1. The maximum absolute atomic E-state index is 9.70. The average molecular weight is 426 g/mol. The van der Waals surface area contributed by atoms with Crippen LogP contribution in [0, 0.1) is 26.7 Å². The van der Waals surface area contributed by atoms with E-state index < -0.39 is 0 Å². The van der Waals surface area contributed by atoms with Gasteiger partial charge in [0.1, 0.15) is 11.3 Å². The number of oxime groups is 1. The average Bonchev–Trinajstić information content (AvgIpc) is 2.95. The van der Waals surface area contributed by atoms with Crippen LogP contribution in [-0.4, -0.2) is 10.9 Å². The Bertz CT molecular complexity index is 1030. The van der Waals surface area contributed by atoms with E-state index in [1.165, 1.54) is 22.3 Å². The molecule has 0 unspecified atom stereocenters. The van der Waals surface area contributed by atoms with Gasteiger partial charge in [0.15, 0.2) is 5.76 Å². The van der Waals surface area contributed by atoms with E-state index in [4.69, 9.17) is 4.42 Å². The quantitative estimate of drug-likeness (QED) is 0.289. The molecule has 140 valence electrons. The third-order valence-corrected chi connectivity index (χ3v) is 6.39. The van der Waals surface area contributed by atoms with Crippen LogP contribution in [0.2, 0.25) is 0 Å². The van der Waals surface area contributed by atoms with Crippen LogP contribution in [0.4, 0.5) is 0 Å². The van der Waals surface area contributed by atoms with Crippen molar-refractivity contribution in [3.8, 4) is 0 Å². The van der Waals surface area contributed by atoms with Crippen molar-refractivity contribution in [2.24, 2.45) is 11.1 Å². The molecule has 1 aliphatic carbocycles. The summed E-state index contributed by atoms with van der Waals surface area (Å²) in [6, 6.07) is 12.4. The normalized spacial score (nSPS) is 22.9. The second-order valence-electron chi connectivity index (χ2n) is 8.22. The van der Waals surface area contributed by atoms with E-state index in [0.717, 1.165) is 28.3 Å². The minimum absolute atomic E-state index is 0.109. The third kappa shape index (κ3) is 3.10. The Balaban J connectivity index is 1.62. The van der Waals surface area contributed by atoms with Gasteiger partial charge < -0.3 is 9.62 Å². The van der Waals surface area contributed by atoms with E-state index in [-0.39, 0.29) is 11.3 Å². The molecule has 1 fully saturated rings. The molecule has 0 amide bonds. The molecule has 3 aromatic rings. The zero-order chi connectivity index (χ0) is 19.3. The number of hydrogen-bond acceptors (Lipinski definition) is 3. The molecule has 0 saturated heterocycles. The Morgan fingerprint density at radius 3 is 2.41 bits per heavy atom. The lowest BCUT2D eigenvalue weighted by molar-refractivity contribution is 0.207. The Morgan fingerprint density at radius 1 is 1.11 bits per heavy atom. The molecule has 1 saturated carbocycles. The standard InChI is InChI=1S/C23H24BrNO2/c1-13-7-14(2)21(15(3)8-13)23(4)11-17(12-23)22(25-26)20-10-16-9-18(24)5-6-19(16)27-20/h5-10,17,26H,11-12H2,1-4H3/b25-22-. The zero-order valence-electron chi connectivity index (χ0n) is 16.1. The molecule has 0 spiro atoms. The summed E-state index contributed by atoms with van der Waals surface area (Å²) in [5.74, 6) is 0.860. The van der Waals surface area contributed by atoms with Crippen LogP contribution in [0.1, 0.15) is 47.8 Å². The van der Waals surface area contributed by atoms with Gasteiger partial charge in [-0.25, -0.2) is 0 Å². The molecule has 4 heteroatoms. The third-order valence-electron chi connectivity index (χ3n) is 5.90. The smallest absolute Gasteiger partial charge is 0.153 e. The molecule has 1 N–H and O–H groups in total. The number of fused-ring (bicyclic) bond motifs is 1. The first-order valence-electron chi connectivity index (χ1n) is 9.30. The van der Waals surface area contributed by atoms with Crippen molar-refractivity contribution in [3.63, 3.8) is 0 Å². The van der Waals surface area contributed by atoms with Crippen molar-refractivity contribution in [1.82, 2.24) is 0 Å². The van der Waals surface area contributed by atoms with E-state index in [2.05, 4.69) is 60.9 Å². The fourth-order valence-electron chi connectivity index (χ4n) is 5.03. The Hall–Kier alpha value is -2.07. The molecule has 3 nitrogen and oxygen atoms in total. The predicted octanol–water partition coefficient (Wildman–Crippen LogP) is 6.67. The predicted molar refractivity (Wildman–Crippen MR) is 113 cm³/mol. The van der Waals surface area contributed by atoms with Gasteiger partial charge in [-0.2, -0.15) is 0 Å². The molecule has 4 rings (SSSR count). The topological polar surface area (TPSA) is 45.7 Å². The molecule has 0 radical (unpaired) electrons. The van der Waals surface area contributed by atoms with Gasteiger partial charge in [0.05, 0.1) is 0 Å². The Morgan fingerprint density at radius 2 is 1.78 bits per heavy atom. The highest BCUT2D eigenvalue weighted by Gasteiger charge is 2.46. The first-order chi connectivity index (χ1) is 12.8. The highest BCUT2D eigenvalue weighted by atomic mass is 79.9. The summed E-state index contributed by atoms with van der Waals surface area (Å²) in [7, 11) is 0. The van der Waals surface area contributed by atoms with Crippen molar-refractivity contribution < 1.29 is 9.62 Å². The van der Waals surface area contributed by atoms with Crippen LogP contribution in [0.15, 0.2) is 50.4 Å². The molecule has 1 aliphatic rings. The van der Waals surface area contributed by atoms with E-state index in [1.54, 1.807) is 0 Å². The van der Waals surface area contributed by atoms with Gasteiger partial charge in [0, 0.05) is 15.8 Å². The van der Waals surface area contributed by atoms with Crippen molar-refractivity contribution in [2.45, 2.75) is 46.0 Å². The maximum atomic E-state index is 9.70. The van der Waals surface area contributed by atoms with Gasteiger partial charge in [-0.3, -0.25) is 0 Å². The number of benzene rings is 2. The van der Waals surface area contributed by atoms with Crippen LogP contribution in [-0.2, 0) is 5.41 Å². The lowest BCUT2D eigenvalue weighted by Gasteiger charge is -2.47. The second kappa shape index (κ2) is 6.52. The van der Waals surface area contributed by atoms with Crippen LogP contribution < -0.4 is 0 Å². The van der Waals surface area contributed by atoms with Crippen LogP contribution in [0.5, 0.6) is 0 Å². The lowest BCUT2D eigenvalue weighted by atomic mass is 9.57. The van der Waals surface area contributed by atoms with Gasteiger partial charge in [0.2, 0.25) is 0 Å². The van der Waals surface area contributed by atoms with E-state index in [9.17, 15) is 5.21 Å². The van der Waals surface area contributed by atoms with E-state index in [0.29, 0.717) is 11.5 Å². The van der Waals surface area contributed by atoms with Gasteiger partial charge in [0.25, 0.3) is 0 Å². The zero-order valence-corrected chi connectivity index (χ0v) is 17.7. The van der Waals surface area contributed by atoms with Gasteiger partial charge in [-0.05, 0) is 80.0 Å². The van der Waals surface area contributed by atoms with Gasteiger partial charge in [-0.1, -0.05) is 45.7 Å². The first kappa shape index (κ1) is 18.3. The summed E-state index contributed by atoms with van der Waals surface area (Å²) in [4.78, 5) is 0. The highest BCUT2D eigenvalue weighted by Crippen LogP contribution is 2.51. The molecule has 1 heterocycles. The molecule has 2 aromatic carbocycles. The lowest BCUT2D eigenvalue weighted by Crippen LogP contribution is -2.43. The summed E-state index contributed by atoms with van der Waals surface area (Å²) < 4.78 is 6.96. The summed E-state index contributed by atoms with van der Waals surface area (Å²) in [5, 5.41) is 14.3. The fourth-order valence-corrected chi connectivity index (χ4v) is 5.41. The minimum atomic E-state index is 0.109. The summed E-state index contributed by atoms with van der Waals surface area (Å²) in [6.07, 6.45) is 1.91. The van der Waals surface area contributed by atoms with Crippen molar-refractivity contribution >= 4 is 32.6 Å². The summed E-state index contributed by atoms with van der Waals surface area (Å²) in [6.45, 7) is 8.86. The van der Waals surface area contributed by atoms with Crippen molar-refractivity contribution in [1.29, 1.82) is 0 Å². The maximum Gasteiger partial charge on any atom is 0.153 e. The largest absolute Gasteiger partial charge is 0.455 e. The molecule has 0 aliphatic heterocycles. The number of aryl methyl sites for hydroxylation is 3. The van der Waals surface area contributed by atoms with Crippen LogP contribution >= 0.6 is 15.9 Å². The number of furan rings is 1. The molecular weight excluding hydrogens is 402 g/mol. The molecule has 1 aromatic heterocycles. The first-order valence-corrected chi connectivity index (χ1v) is 10.1. The Kier molecular flexibility index (Phi) is 4.42. The van der Waals surface area contributed by atoms with E-state index >= 15 is 0 Å². The molecule has 0 atom stereocenters. The summed E-state index contributed by atoms with van der Waals surface area (Å²) in [5.41, 5.74) is 7.02. The second-order valence-corrected chi connectivity index (χ2v) is 9.13. The van der Waals surface area contributed by atoms with Gasteiger partial charge >= 0.3 is 0 Å². The minimum Gasteiger partial charge on any atom is -0.455 e. The SMILES string of the molecule is Cc1cc(C)c(C2(C)CC(/C(=N/O)c3cc4cc(Br)ccc4o3)C2)c(C)c1. The Labute approximate surface area is 168 Å². The van der Waals surface area contributed by atoms with Crippen molar-refractivity contribution in [3.05, 3.63) is 68.9 Å². The molecule has 27 heavy (non-hydrogen) atoms. The highest BCUT2D eigenvalue weighted by molar-refractivity contribution is 9.10. The summed E-state index contributed by atoms with van der Waals surface area (Å²) >= 11 is 3.49. The monoisotopic (exact) mass is 425 g/mol. The number of rotatable bonds is 3. The van der Waals surface area contributed by atoms with Crippen LogP contribution in [0.3, 0.4) is 0 Å². The van der Waals surface area contributed by atoms with Crippen LogP contribution in [0.25, 0.3) is 11.0 Å². The molecular formula is C23H24BrNO2. The van der Waals surface area contributed by atoms with Crippen molar-refractivity contribution in [2.75, 3.05) is 0 Å². The number of hydrogen-bond donors (Lipinski definition) is 1. The fraction of sp³-hybridized carbons (Fsp3) is 0.348.